The minimum atomic E-state index is -5.00. The van der Waals surface area contributed by atoms with Crippen LogP contribution in [0.25, 0.3) is 22.5 Å². The number of carbonyl (C=O) groups is 2. The fourth-order valence-electron chi connectivity index (χ4n) is 7.47. The molecule has 73 heavy (non-hydrogen) atoms. The minimum Gasteiger partial charge on any atom is -0.497 e. The average molecular weight is 1040 g/mol. The number of methoxy groups -OCH3 is 3. The summed E-state index contributed by atoms with van der Waals surface area (Å²) in [5.74, 6) is 1.78. The molecule has 21 nitrogen and oxygen atoms in total. The van der Waals surface area contributed by atoms with E-state index in [4.69, 9.17) is 24.0 Å². The maximum atomic E-state index is 16.1. The average Bonchev–Trinajstić information content (AvgIpc) is 3.81. The first-order valence-corrected chi connectivity index (χ1v) is 25.9. The summed E-state index contributed by atoms with van der Waals surface area (Å²) in [5.41, 5.74) is 0.606. The molecule has 0 bridgehead atoms. The van der Waals surface area contributed by atoms with Crippen LogP contribution in [0.5, 0.6) is 17.2 Å². The molecule has 0 saturated heterocycles. The van der Waals surface area contributed by atoms with Gasteiger partial charge in [0.15, 0.2) is 0 Å². The van der Waals surface area contributed by atoms with Crippen molar-refractivity contribution in [2.75, 3.05) is 52.8 Å². The van der Waals surface area contributed by atoms with Gasteiger partial charge in [0.05, 0.1) is 33.4 Å². The molecule has 6 aromatic rings. The first kappa shape index (κ1) is 55.0. The number of nitrogens with zero attached hydrogens (tertiary/aromatic N) is 7. The van der Waals surface area contributed by atoms with Gasteiger partial charge in [0, 0.05) is 51.0 Å². The zero-order valence-corrected chi connectivity index (χ0v) is 43.9. The summed E-state index contributed by atoms with van der Waals surface area (Å²) in [6.45, 7) is 9.55. The number of hydrogen-bond acceptors (Lipinski definition) is 15. The normalized spacial score (nSPS) is 12.0. The number of ether oxygens (including phenoxy) is 4. The van der Waals surface area contributed by atoms with Gasteiger partial charge >= 0.3 is 12.2 Å². The van der Waals surface area contributed by atoms with E-state index in [2.05, 4.69) is 30.7 Å². The van der Waals surface area contributed by atoms with Crippen molar-refractivity contribution in [1.29, 1.82) is 0 Å². The summed E-state index contributed by atoms with van der Waals surface area (Å²) < 4.78 is 87.1. The van der Waals surface area contributed by atoms with E-state index in [9.17, 15) is 23.1 Å². The monoisotopic (exact) mass is 1040 g/mol. The van der Waals surface area contributed by atoms with Crippen LogP contribution in [0.1, 0.15) is 58.2 Å². The highest BCUT2D eigenvalue weighted by Crippen LogP contribution is 2.42. The molecule has 2 aromatic heterocycles. The van der Waals surface area contributed by atoms with Crippen molar-refractivity contribution in [3.05, 3.63) is 120 Å². The first-order chi connectivity index (χ1) is 34.5. The Labute approximate surface area is 425 Å². The standard InChI is InChI=1S/C50H62N10O11S2/c1-49(2,3)59(48(62)63)29-28-54-72(64,65)42-23-22-41(37-24-25-51-43(30-37)52-26-27-53-47(61)71-50(4,5)6)44(46-55-57-60(56-46)33-36-14-20-40(70-9)21-15-36)45(42)73(66,67)58(31-34-10-16-38(68-7)17-11-34)32-35-12-18-39(69-8)19-13-35/h10-25,30,54H,26-29,31-33H2,1-9H3,(H,51,52)(H,53,61)(H,62,63). The zero-order chi connectivity index (χ0) is 53.1. The van der Waals surface area contributed by atoms with E-state index in [1.807, 2.05) is 0 Å². The van der Waals surface area contributed by atoms with E-state index >= 15 is 8.42 Å². The number of alkyl carbamates (subject to hydrolysis) is 1. The van der Waals surface area contributed by atoms with Gasteiger partial charge in [-0.15, -0.1) is 10.2 Å². The molecule has 0 spiro atoms. The van der Waals surface area contributed by atoms with Gasteiger partial charge in [-0.3, -0.25) is 0 Å². The van der Waals surface area contributed by atoms with Crippen LogP contribution in [-0.2, 0) is 44.4 Å². The maximum absolute atomic E-state index is 16.1. The number of carbonyl (C=O) groups excluding carboxylic acids is 1. The van der Waals surface area contributed by atoms with Gasteiger partial charge in [-0.2, -0.15) is 9.10 Å². The summed E-state index contributed by atoms with van der Waals surface area (Å²) in [4.78, 5) is 30.1. The number of rotatable bonds is 22. The number of anilines is 1. The van der Waals surface area contributed by atoms with Crippen molar-refractivity contribution in [2.24, 2.45) is 0 Å². The quantitative estimate of drug-likeness (QED) is 0.0506. The van der Waals surface area contributed by atoms with E-state index in [0.717, 1.165) is 14.8 Å². The Morgan fingerprint density at radius 3 is 1.81 bits per heavy atom. The Hall–Kier alpha value is -7.34. The number of aromatic nitrogens is 5. The zero-order valence-electron chi connectivity index (χ0n) is 42.2. The SMILES string of the molecule is COc1ccc(CN(Cc2ccc(OC)cc2)S(=O)(=O)c2c(S(=O)(=O)NCCN(C(=O)O)C(C)(C)C)ccc(-c3ccnc(NCCNC(=O)OC(C)(C)C)c3)c2-c2nnn(Cc3ccc(OC)cc3)n2)cc1. The van der Waals surface area contributed by atoms with Crippen molar-refractivity contribution in [2.45, 2.75) is 82.1 Å². The molecule has 0 unspecified atom stereocenters. The van der Waals surface area contributed by atoms with Crippen LogP contribution in [-0.4, -0.2) is 127 Å². The Bertz CT molecular complexity index is 3020. The van der Waals surface area contributed by atoms with Crippen LogP contribution in [0, 0.1) is 0 Å². The van der Waals surface area contributed by atoms with Gasteiger partial charge < -0.3 is 39.6 Å². The Morgan fingerprint density at radius 1 is 0.726 bits per heavy atom. The van der Waals surface area contributed by atoms with E-state index in [1.54, 1.807) is 134 Å². The molecular weight excluding hydrogens is 981 g/mol. The third kappa shape index (κ3) is 14.6. The molecule has 4 N–H and O–H groups in total. The molecule has 0 aliphatic rings. The largest absolute Gasteiger partial charge is 0.497 e. The van der Waals surface area contributed by atoms with Crippen molar-refractivity contribution < 1.29 is 50.5 Å². The predicted molar refractivity (Wildman–Crippen MR) is 273 cm³/mol. The molecule has 390 valence electrons. The molecule has 0 fully saturated rings. The topological polar surface area (TPSA) is 259 Å². The fourth-order valence-corrected chi connectivity index (χ4v) is 10.9. The van der Waals surface area contributed by atoms with Gasteiger partial charge in [-0.25, -0.2) is 36.1 Å². The smallest absolute Gasteiger partial charge is 0.407 e. The van der Waals surface area contributed by atoms with Crippen LogP contribution in [0.15, 0.2) is 113 Å². The van der Waals surface area contributed by atoms with Crippen LogP contribution >= 0.6 is 0 Å². The first-order valence-electron chi connectivity index (χ1n) is 23.0. The molecule has 0 aliphatic heterocycles. The van der Waals surface area contributed by atoms with Gasteiger partial charge in [0.25, 0.3) is 0 Å². The highest BCUT2D eigenvalue weighted by atomic mass is 32.2. The number of benzene rings is 4. The summed E-state index contributed by atoms with van der Waals surface area (Å²) >= 11 is 0. The Kier molecular flexibility index (Phi) is 17.7. The molecule has 6 rings (SSSR count). The molecule has 0 atom stereocenters. The Morgan fingerprint density at radius 2 is 1.29 bits per heavy atom. The van der Waals surface area contributed by atoms with Gasteiger partial charge in [0.2, 0.25) is 25.9 Å². The highest BCUT2D eigenvalue weighted by molar-refractivity contribution is 7.92. The summed E-state index contributed by atoms with van der Waals surface area (Å²) in [6.07, 6.45) is -0.392. The van der Waals surface area contributed by atoms with Gasteiger partial charge in [-0.05, 0) is 129 Å². The van der Waals surface area contributed by atoms with Crippen molar-refractivity contribution in [3.63, 3.8) is 0 Å². The Balaban J connectivity index is 1.57. The molecule has 0 aliphatic carbocycles. The highest BCUT2D eigenvalue weighted by Gasteiger charge is 2.38. The number of hydrogen-bond donors (Lipinski definition) is 4. The minimum absolute atomic E-state index is 0.0868. The van der Waals surface area contributed by atoms with Crippen LogP contribution < -0.4 is 29.6 Å². The predicted octanol–water partition coefficient (Wildman–Crippen LogP) is 6.86. The summed E-state index contributed by atoms with van der Waals surface area (Å²) in [6, 6.07) is 26.6. The molecule has 0 saturated carbocycles. The fraction of sp³-hybridized carbons (Fsp3) is 0.360. The molecule has 23 heteroatoms. The van der Waals surface area contributed by atoms with E-state index in [1.165, 1.54) is 37.3 Å². The van der Waals surface area contributed by atoms with Crippen LogP contribution in [0.3, 0.4) is 0 Å². The third-order valence-corrected chi connectivity index (χ3v) is 14.6. The number of tetrazole rings is 1. The third-order valence-electron chi connectivity index (χ3n) is 11.0. The number of nitrogens with one attached hydrogen (secondary N) is 3. The van der Waals surface area contributed by atoms with E-state index in [-0.39, 0.29) is 56.2 Å². The number of pyridine rings is 1. The number of amides is 2. The van der Waals surface area contributed by atoms with Gasteiger partial charge in [0.1, 0.15) is 38.5 Å². The lowest BCUT2D eigenvalue weighted by Crippen LogP contribution is -2.48. The van der Waals surface area contributed by atoms with Crippen LogP contribution in [0.2, 0.25) is 0 Å². The second-order valence-corrected chi connectivity index (χ2v) is 22.2. The molecular formula is C50H62N10O11S2. The maximum Gasteiger partial charge on any atom is 0.407 e. The van der Waals surface area contributed by atoms with E-state index in [0.29, 0.717) is 39.8 Å². The lowest BCUT2D eigenvalue weighted by Gasteiger charge is -2.33. The van der Waals surface area contributed by atoms with Crippen molar-refractivity contribution >= 4 is 38.1 Å². The second-order valence-electron chi connectivity index (χ2n) is 18.6. The summed E-state index contributed by atoms with van der Waals surface area (Å²) in [5, 5.41) is 29.3. The molecule has 2 amide bonds. The van der Waals surface area contributed by atoms with Crippen LogP contribution in [0.4, 0.5) is 15.4 Å². The summed E-state index contributed by atoms with van der Waals surface area (Å²) in [7, 11) is -5.27. The number of sulfonamides is 2. The second kappa shape index (κ2) is 23.5. The molecule has 4 aromatic carbocycles. The lowest BCUT2D eigenvalue weighted by molar-refractivity contribution is 0.0529. The molecule has 2 heterocycles. The number of carboxylic acid groups (broad SMARTS) is 1. The molecule has 0 radical (unpaired) electrons. The lowest BCUT2D eigenvalue weighted by atomic mass is 10.00. The van der Waals surface area contributed by atoms with Crippen molar-refractivity contribution in [1.82, 2.24) is 44.4 Å². The van der Waals surface area contributed by atoms with E-state index < -0.39 is 59.7 Å². The van der Waals surface area contributed by atoms with Crippen molar-refractivity contribution in [3.8, 4) is 39.8 Å². The van der Waals surface area contributed by atoms with Gasteiger partial charge in [-0.1, -0.05) is 42.5 Å².